The fourth-order valence-corrected chi connectivity index (χ4v) is 2.35. The molecule has 0 N–H and O–H groups in total. The van der Waals surface area contributed by atoms with Crippen LogP contribution in [0, 0.1) is 0 Å². The summed E-state index contributed by atoms with van der Waals surface area (Å²) in [5.74, 6) is 0.883. The summed E-state index contributed by atoms with van der Waals surface area (Å²) in [5, 5.41) is 0. The van der Waals surface area contributed by atoms with Crippen molar-refractivity contribution in [1.82, 2.24) is 0 Å². The zero-order chi connectivity index (χ0) is 12.8. The van der Waals surface area contributed by atoms with E-state index in [4.69, 9.17) is 4.74 Å². The molecule has 0 bridgehead atoms. The molecule has 0 aromatic heterocycles. The van der Waals surface area contributed by atoms with Crippen LogP contribution in [0.5, 0.6) is 5.75 Å². The fraction of sp³-hybridized carbons (Fsp3) is 0.438. The molecule has 18 heavy (non-hydrogen) atoms. The van der Waals surface area contributed by atoms with Gasteiger partial charge in [0.05, 0.1) is 12.2 Å². The average molecular weight is 244 g/mol. The lowest BCUT2D eigenvalue weighted by molar-refractivity contribution is 0.0988. The Kier molecular flexibility index (Phi) is 4.57. The predicted octanol–water partition coefficient (Wildman–Crippen LogP) is 4.16. The summed E-state index contributed by atoms with van der Waals surface area (Å²) in [5.41, 5.74) is 2.00. The highest BCUT2D eigenvalue weighted by Crippen LogP contribution is 2.25. The fourth-order valence-electron chi connectivity index (χ4n) is 2.35. The number of rotatable bonds is 5. The normalized spacial score (nSPS) is 15.1. The highest BCUT2D eigenvalue weighted by atomic mass is 16.5. The molecule has 0 unspecified atom stereocenters. The van der Waals surface area contributed by atoms with E-state index in [1.54, 1.807) is 0 Å². The monoisotopic (exact) mass is 244 g/mol. The molecule has 0 amide bonds. The highest BCUT2D eigenvalue weighted by molar-refractivity contribution is 6.00. The van der Waals surface area contributed by atoms with E-state index in [1.165, 1.54) is 18.4 Å². The molecule has 96 valence electrons. The molecule has 2 heteroatoms. The molecule has 1 aliphatic rings. The minimum absolute atomic E-state index is 0.173. The Labute approximate surface area is 109 Å². The first-order chi connectivity index (χ1) is 8.81. The Balaban J connectivity index is 2.10. The maximum absolute atomic E-state index is 12.3. The van der Waals surface area contributed by atoms with Crippen LogP contribution in [0.4, 0.5) is 0 Å². The van der Waals surface area contributed by atoms with Gasteiger partial charge in [-0.1, -0.05) is 23.8 Å². The van der Waals surface area contributed by atoms with Crippen LogP contribution in [0.25, 0.3) is 0 Å². The number of allylic oxidation sites excluding steroid dienone is 2. The van der Waals surface area contributed by atoms with Gasteiger partial charge in [0.15, 0.2) is 5.78 Å². The summed E-state index contributed by atoms with van der Waals surface area (Å²) in [6, 6.07) is 7.52. The molecule has 2 nitrogen and oxygen atoms in total. The van der Waals surface area contributed by atoms with Crippen molar-refractivity contribution in [3.8, 4) is 5.75 Å². The van der Waals surface area contributed by atoms with Crippen molar-refractivity contribution in [2.45, 2.75) is 39.0 Å². The Morgan fingerprint density at radius 1 is 1.28 bits per heavy atom. The maximum atomic E-state index is 12.3. The largest absolute Gasteiger partial charge is 0.493 e. The molecular weight excluding hydrogens is 224 g/mol. The van der Waals surface area contributed by atoms with Crippen LogP contribution in [0.3, 0.4) is 0 Å². The van der Waals surface area contributed by atoms with Crippen molar-refractivity contribution in [2.75, 3.05) is 6.61 Å². The van der Waals surface area contributed by atoms with Crippen LogP contribution in [0.1, 0.15) is 49.4 Å². The van der Waals surface area contributed by atoms with Gasteiger partial charge in [0, 0.05) is 6.42 Å². The Hall–Kier alpha value is -1.57. The van der Waals surface area contributed by atoms with E-state index >= 15 is 0 Å². The second-order valence-electron chi connectivity index (χ2n) is 4.64. The SMILES string of the molecule is CCOc1ccccc1C(=O)CC1=CCCCC1. The Bertz CT molecular complexity index is 446. The van der Waals surface area contributed by atoms with E-state index in [9.17, 15) is 4.79 Å². The van der Waals surface area contributed by atoms with Gasteiger partial charge in [-0.3, -0.25) is 4.79 Å². The standard InChI is InChI=1S/C16H20O2/c1-2-18-16-11-7-6-10-14(16)15(17)12-13-8-4-3-5-9-13/h6-8,10-11H,2-5,9,12H2,1H3. The third-order valence-corrected chi connectivity index (χ3v) is 3.26. The number of carbonyl (C=O) groups is 1. The molecule has 0 saturated carbocycles. The van der Waals surface area contributed by atoms with Crippen molar-refractivity contribution < 1.29 is 9.53 Å². The van der Waals surface area contributed by atoms with Crippen LogP contribution in [0.15, 0.2) is 35.9 Å². The Morgan fingerprint density at radius 2 is 2.11 bits per heavy atom. The number of ether oxygens (including phenoxy) is 1. The molecule has 2 rings (SSSR count). The lowest BCUT2D eigenvalue weighted by atomic mass is 9.93. The second kappa shape index (κ2) is 6.39. The van der Waals surface area contributed by atoms with Crippen LogP contribution < -0.4 is 4.74 Å². The lowest BCUT2D eigenvalue weighted by Crippen LogP contribution is -2.06. The molecule has 0 atom stereocenters. The van der Waals surface area contributed by atoms with Gasteiger partial charge < -0.3 is 4.74 Å². The molecule has 0 fully saturated rings. The molecule has 0 spiro atoms. The van der Waals surface area contributed by atoms with Gasteiger partial charge in [-0.05, 0) is 44.7 Å². The van der Waals surface area contributed by atoms with E-state index in [0.717, 1.165) is 12.8 Å². The Morgan fingerprint density at radius 3 is 2.83 bits per heavy atom. The summed E-state index contributed by atoms with van der Waals surface area (Å²) in [6.45, 7) is 2.53. The first-order valence-corrected chi connectivity index (χ1v) is 6.74. The van der Waals surface area contributed by atoms with Crippen molar-refractivity contribution in [3.63, 3.8) is 0 Å². The van der Waals surface area contributed by atoms with E-state index in [2.05, 4.69) is 6.08 Å². The third-order valence-electron chi connectivity index (χ3n) is 3.26. The van der Waals surface area contributed by atoms with Crippen LogP contribution in [0.2, 0.25) is 0 Å². The number of hydrogen-bond donors (Lipinski definition) is 0. The molecule has 0 saturated heterocycles. The number of para-hydroxylation sites is 1. The van der Waals surface area contributed by atoms with E-state index < -0.39 is 0 Å². The van der Waals surface area contributed by atoms with E-state index in [1.807, 2.05) is 31.2 Å². The summed E-state index contributed by atoms with van der Waals surface area (Å²) >= 11 is 0. The van der Waals surface area contributed by atoms with Gasteiger partial charge in [-0.2, -0.15) is 0 Å². The maximum Gasteiger partial charge on any atom is 0.170 e. The zero-order valence-electron chi connectivity index (χ0n) is 10.9. The van der Waals surface area contributed by atoms with Gasteiger partial charge in [0.1, 0.15) is 5.75 Å². The lowest BCUT2D eigenvalue weighted by Gasteiger charge is -2.13. The first kappa shape index (κ1) is 12.9. The summed E-state index contributed by atoms with van der Waals surface area (Å²) < 4.78 is 5.51. The van der Waals surface area contributed by atoms with Crippen molar-refractivity contribution in [3.05, 3.63) is 41.5 Å². The molecular formula is C16H20O2. The number of ketones is 1. The number of Topliss-reactive ketones (excluding diaryl/α,β-unsaturated/α-hetero) is 1. The van der Waals surface area contributed by atoms with Gasteiger partial charge in [0.2, 0.25) is 0 Å². The van der Waals surface area contributed by atoms with Gasteiger partial charge in [-0.15, -0.1) is 0 Å². The van der Waals surface area contributed by atoms with Crippen molar-refractivity contribution in [1.29, 1.82) is 0 Å². The summed E-state index contributed by atoms with van der Waals surface area (Å²) in [6.07, 6.45) is 7.44. The molecule has 1 aromatic rings. The molecule has 1 aliphatic carbocycles. The highest BCUT2D eigenvalue weighted by Gasteiger charge is 2.14. The second-order valence-corrected chi connectivity index (χ2v) is 4.64. The molecule has 0 radical (unpaired) electrons. The molecule has 1 aromatic carbocycles. The van der Waals surface area contributed by atoms with Gasteiger partial charge >= 0.3 is 0 Å². The zero-order valence-corrected chi connectivity index (χ0v) is 10.9. The first-order valence-electron chi connectivity index (χ1n) is 6.74. The molecule has 0 heterocycles. The predicted molar refractivity (Wildman–Crippen MR) is 73.1 cm³/mol. The third kappa shape index (κ3) is 3.22. The van der Waals surface area contributed by atoms with Crippen LogP contribution >= 0.6 is 0 Å². The van der Waals surface area contributed by atoms with Gasteiger partial charge in [-0.25, -0.2) is 0 Å². The van der Waals surface area contributed by atoms with Gasteiger partial charge in [0.25, 0.3) is 0 Å². The number of carbonyl (C=O) groups excluding carboxylic acids is 1. The van der Waals surface area contributed by atoms with Crippen LogP contribution in [-0.2, 0) is 0 Å². The average Bonchev–Trinajstić information content (AvgIpc) is 2.41. The van der Waals surface area contributed by atoms with Crippen LogP contribution in [-0.4, -0.2) is 12.4 Å². The summed E-state index contributed by atoms with van der Waals surface area (Å²) in [4.78, 5) is 12.3. The quantitative estimate of drug-likeness (QED) is 0.574. The number of hydrogen-bond acceptors (Lipinski definition) is 2. The smallest absolute Gasteiger partial charge is 0.170 e. The number of benzene rings is 1. The van der Waals surface area contributed by atoms with E-state index in [-0.39, 0.29) is 5.78 Å². The van der Waals surface area contributed by atoms with Crippen molar-refractivity contribution in [2.24, 2.45) is 0 Å². The topological polar surface area (TPSA) is 26.3 Å². The summed E-state index contributed by atoms with van der Waals surface area (Å²) in [7, 11) is 0. The molecule has 0 aliphatic heterocycles. The minimum atomic E-state index is 0.173. The van der Waals surface area contributed by atoms with E-state index in [0.29, 0.717) is 24.3 Å². The van der Waals surface area contributed by atoms with Crippen molar-refractivity contribution >= 4 is 5.78 Å². The minimum Gasteiger partial charge on any atom is -0.493 e.